The van der Waals surface area contributed by atoms with Crippen LogP contribution in [0.25, 0.3) is 6.08 Å². The number of hydrogen-bond donors (Lipinski definition) is 1. The molecule has 1 heterocycles. The molecule has 0 saturated carbocycles. The zero-order chi connectivity index (χ0) is 13.3. The summed E-state index contributed by atoms with van der Waals surface area (Å²) in [7, 11) is 0. The van der Waals surface area contributed by atoms with E-state index >= 15 is 0 Å². The molecule has 0 atom stereocenters. The lowest BCUT2D eigenvalue weighted by Gasteiger charge is -1.95. The molecule has 19 heavy (non-hydrogen) atoms. The van der Waals surface area contributed by atoms with E-state index in [1.165, 1.54) is 0 Å². The summed E-state index contributed by atoms with van der Waals surface area (Å²) >= 11 is 1.57. The Balaban J connectivity index is 1.74. The standard InChI is InChI=1S/C15H14N2OS/c18-15(12-14-9-5-11-19-14)17-16-10-4-8-13-6-2-1-3-7-13/h1-11H,12H2,(H,17,18)/b8-4+,16-10-. The van der Waals surface area contributed by atoms with E-state index < -0.39 is 0 Å². The summed E-state index contributed by atoms with van der Waals surface area (Å²) < 4.78 is 0. The summed E-state index contributed by atoms with van der Waals surface area (Å²) in [6.45, 7) is 0. The minimum Gasteiger partial charge on any atom is -0.273 e. The molecule has 0 spiro atoms. The Bertz CT molecular complexity index is 559. The van der Waals surface area contributed by atoms with Gasteiger partial charge >= 0.3 is 0 Å². The van der Waals surface area contributed by atoms with E-state index in [9.17, 15) is 4.79 Å². The molecule has 0 saturated heterocycles. The molecule has 96 valence electrons. The highest BCUT2D eigenvalue weighted by Gasteiger charge is 2.01. The summed E-state index contributed by atoms with van der Waals surface area (Å²) in [4.78, 5) is 12.5. The second-order valence-corrected chi connectivity index (χ2v) is 4.87. The molecule has 2 rings (SSSR count). The van der Waals surface area contributed by atoms with Crippen molar-refractivity contribution in [3.63, 3.8) is 0 Å². The van der Waals surface area contributed by atoms with E-state index in [1.54, 1.807) is 23.6 Å². The van der Waals surface area contributed by atoms with Crippen LogP contribution in [0, 0.1) is 0 Å². The van der Waals surface area contributed by atoms with Crippen LogP contribution in [0.2, 0.25) is 0 Å². The predicted octanol–water partition coefficient (Wildman–Crippen LogP) is 3.11. The van der Waals surface area contributed by atoms with Crippen molar-refractivity contribution in [1.29, 1.82) is 0 Å². The van der Waals surface area contributed by atoms with Gasteiger partial charge in [0.15, 0.2) is 0 Å². The summed E-state index contributed by atoms with van der Waals surface area (Å²) in [5, 5.41) is 5.81. The first-order valence-corrected chi connectivity index (χ1v) is 6.78. The minimum absolute atomic E-state index is 0.105. The highest BCUT2D eigenvalue weighted by atomic mass is 32.1. The molecule has 0 aliphatic rings. The van der Waals surface area contributed by atoms with Gasteiger partial charge in [-0.05, 0) is 23.1 Å². The van der Waals surface area contributed by atoms with Crippen LogP contribution in [0.1, 0.15) is 10.4 Å². The van der Waals surface area contributed by atoms with Crippen molar-refractivity contribution in [2.75, 3.05) is 0 Å². The number of carbonyl (C=O) groups is 1. The SMILES string of the molecule is O=C(Cc1cccs1)N/N=C\C=C\c1ccccc1. The molecule has 0 fully saturated rings. The molecule has 1 amide bonds. The Kier molecular flexibility index (Phi) is 5.07. The highest BCUT2D eigenvalue weighted by Crippen LogP contribution is 2.08. The number of benzene rings is 1. The van der Waals surface area contributed by atoms with Gasteiger partial charge in [0.05, 0.1) is 6.42 Å². The summed E-state index contributed by atoms with van der Waals surface area (Å²) in [6, 6.07) is 13.8. The Labute approximate surface area is 116 Å². The number of allylic oxidation sites excluding steroid dienone is 1. The van der Waals surface area contributed by atoms with E-state index in [0.29, 0.717) is 6.42 Å². The Morgan fingerprint density at radius 3 is 2.79 bits per heavy atom. The molecule has 1 aromatic heterocycles. The summed E-state index contributed by atoms with van der Waals surface area (Å²) in [6.07, 6.45) is 5.66. The van der Waals surface area contributed by atoms with Crippen LogP contribution < -0.4 is 5.43 Å². The van der Waals surface area contributed by atoms with Crippen molar-refractivity contribution < 1.29 is 4.79 Å². The fraction of sp³-hybridized carbons (Fsp3) is 0.0667. The second-order valence-electron chi connectivity index (χ2n) is 3.84. The first-order chi connectivity index (χ1) is 9.34. The van der Waals surface area contributed by atoms with E-state index in [4.69, 9.17) is 0 Å². The lowest BCUT2D eigenvalue weighted by Crippen LogP contribution is -2.18. The lowest BCUT2D eigenvalue weighted by molar-refractivity contribution is -0.120. The molecule has 0 unspecified atom stereocenters. The van der Waals surface area contributed by atoms with Crippen LogP contribution in [0.3, 0.4) is 0 Å². The number of thiophene rings is 1. The van der Waals surface area contributed by atoms with E-state index in [-0.39, 0.29) is 5.91 Å². The quantitative estimate of drug-likeness (QED) is 0.658. The molecule has 1 N–H and O–H groups in total. The number of amides is 1. The lowest BCUT2D eigenvalue weighted by atomic mass is 10.2. The van der Waals surface area contributed by atoms with Gasteiger partial charge in [-0.3, -0.25) is 4.79 Å². The van der Waals surface area contributed by atoms with Gasteiger partial charge in [-0.1, -0.05) is 42.5 Å². The van der Waals surface area contributed by atoms with E-state index in [1.807, 2.05) is 53.9 Å². The van der Waals surface area contributed by atoms with Gasteiger partial charge in [-0.15, -0.1) is 11.3 Å². The Morgan fingerprint density at radius 1 is 1.21 bits per heavy atom. The molecule has 0 radical (unpaired) electrons. The maximum atomic E-state index is 11.5. The van der Waals surface area contributed by atoms with E-state index in [2.05, 4.69) is 10.5 Å². The van der Waals surface area contributed by atoms with E-state index in [0.717, 1.165) is 10.4 Å². The smallest absolute Gasteiger partial charge is 0.245 e. The fourth-order valence-corrected chi connectivity index (χ4v) is 2.19. The first-order valence-electron chi connectivity index (χ1n) is 5.90. The van der Waals surface area contributed by atoms with Crippen molar-refractivity contribution in [3.8, 4) is 0 Å². The van der Waals surface area contributed by atoms with Gasteiger partial charge in [0.1, 0.15) is 0 Å². The van der Waals surface area contributed by atoms with Gasteiger partial charge in [0.2, 0.25) is 5.91 Å². The average molecular weight is 270 g/mol. The minimum atomic E-state index is -0.105. The van der Waals surface area contributed by atoms with Crippen molar-refractivity contribution >= 4 is 29.5 Å². The third-order valence-corrected chi connectivity index (χ3v) is 3.23. The number of hydrogen-bond acceptors (Lipinski definition) is 3. The fourth-order valence-electron chi connectivity index (χ4n) is 1.48. The third-order valence-electron chi connectivity index (χ3n) is 2.35. The number of rotatable bonds is 5. The topological polar surface area (TPSA) is 41.5 Å². The van der Waals surface area contributed by atoms with Crippen LogP contribution in [-0.2, 0) is 11.2 Å². The van der Waals surface area contributed by atoms with Gasteiger partial charge in [0.25, 0.3) is 0 Å². The monoisotopic (exact) mass is 270 g/mol. The molecule has 0 aliphatic heterocycles. The van der Waals surface area contributed by atoms with Gasteiger partial charge in [-0.2, -0.15) is 5.10 Å². The summed E-state index contributed by atoms with van der Waals surface area (Å²) in [5.41, 5.74) is 3.59. The molecule has 0 aliphatic carbocycles. The van der Waals surface area contributed by atoms with Crippen LogP contribution >= 0.6 is 11.3 Å². The van der Waals surface area contributed by atoms with Crippen LogP contribution in [0.5, 0.6) is 0 Å². The summed E-state index contributed by atoms with van der Waals surface area (Å²) in [5.74, 6) is -0.105. The molecule has 4 heteroatoms. The first kappa shape index (κ1) is 13.2. The number of carbonyl (C=O) groups excluding carboxylic acids is 1. The maximum absolute atomic E-state index is 11.5. The van der Waals surface area contributed by atoms with Gasteiger partial charge in [-0.25, -0.2) is 5.43 Å². The number of nitrogens with one attached hydrogen (secondary N) is 1. The molecule has 1 aromatic carbocycles. The molecule has 2 aromatic rings. The Hall–Kier alpha value is -2.20. The molecule has 0 bridgehead atoms. The number of hydrazone groups is 1. The highest BCUT2D eigenvalue weighted by molar-refractivity contribution is 7.10. The average Bonchev–Trinajstić information content (AvgIpc) is 2.92. The van der Waals surface area contributed by atoms with Gasteiger partial charge < -0.3 is 0 Å². The van der Waals surface area contributed by atoms with Crippen molar-refractivity contribution in [1.82, 2.24) is 5.43 Å². The molecular weight excluding hydrogens is 256 g/mol. The predicted molar refractivity (Wildman–Crippen MR) is 80.1 cm³/mol. The van der Waals surface area contributed by atoms with Crippen molar-refractivity contribution in [2.24, 2.45) is 5.10 Å². The van der Waals surface area contributed by atoms with Crippen molar-refractivity contribution in [2.45, 2.75) is 6.42 Å². The molecular formula is C15H14N2OS. The maximum Gasteiger partial charge on any atom is 0.245 e. The second kappa shape index (κ2) is 7.28. The van der Waals surface area contributed by atoms with Crippen LogP contribution in [0.15, 0.2) is 59.0 Å². The number of nitrogens with zero attached hydrogens (tertiary/aromatic N) is 1. The third kappa shape index (κ3) is 4.89. The normalized spacial score (nSPS) is 11.2. The zero-order valence-electron chi connectivity index (χ0n) is 10.3. The van der Waals surface area contributed by atoms with Gasteiger partial charge in [0, 0.05) is 11.1 Å². The zero-order valence-corrected chi connectivity index (χ0v) is 11.1. The Morgan fingerprint density at radius 2 is 2.05 bits per heavy atom. The van der Waals surface area contributed by atoms with Crippen molar-refractivity contribution in [3.05, 3.63) is 64.4 Å². The van der Waals surface area contributed by atoms with Crippen LogP contribution in [-0.4, -0.2) is 12.1 Å². The van der Waals surface area contributed by atoms with Crippen LogP contribution in [0.4, 0.5) is 0 Å². The largest absolute Gasteiger partial charge is 0.273 e. The molecule has 3 nitrogen and oxygen atoms in total.